The normalized spacial score (nSPS) is 16.5. The van der Waals surface area contributed by atoms with Crippen molar-refractivity contribution >= 4 is 11.8 Å². The van der Waals surface area contributed by atoms with E-state index < -0.39 is 6.04 Å². The number of ether oxygens (including phenoxy) is 2. The van der Waals surface area contributed by atoms with Crippen molar-refractivity contribution < 1.29 is 19.1 Å². The summed E-state index contributed by atoms with van der Waals surface area (Å²) < 4.78 is 10.6. The second-order valence-electron chi connectivity index (χ2n) is 6.22. The molecule has 0 aromatic heterocycles. The van der Waals surface area contributed by atoms with Gasteiger partial charge < -0.3 is 19.7 Å². The van der Waals surface area contributed by atoms with Gasteiger partial charge >= 0.3 is 0 Å². The Morgan fingerprint density at radius 3 is 2.42 bits per heavy atom. The van der Waals surface area contributed by atoms with Crippen LogP contribution in [0.2, 0.25) is 0 Å². The molecule has 1 fully saturated rings. The fourth-order valence-corrected chi connectivity index (χ4v) is 3.04. The molecule has 0 unspecified atom stereocenters. The Morgan fingerprint density at radius 1 is 1.12 bits per heavy atom. The molecule has 1 heterocycles. The first-order chi connectivity index (χ1) is 12.5. The number of nitrogens with one attached hydrogen (secondary N) is 1. The van der Waals surface area contributed by atoms with Crippen molar-refractivity contribution in [2.75, 3.05) is 27.8 Å². The Morgan fingerprint density at radius 2 is 1.85 bits per heavy atom. The van der Waals surface area contributed by atoms with Gasteiger partial charge in [-0.05, 0) is 36.2 Å². The molecule has 1 aliphatic heterocycles. The van der Waals surface area contributed by atoms with Crippen molar-refractivity contribution in [3.05, 3.63) is 48.0 Å². The maximum Gasteiger partial charge on any atom is 0.251 e. The van der Waals surface area contributed by atoms with E-state index >= 15 is 0 Å². The molecular weight excluding hydrogens is 332 g/mol. The number of nitrogens with zero attached hydrogens (tertiary/aromatic N) is 1. The van der Waals surface area contributed by atoms with Crippen LogP contribution < -0.4 is 14.8 Å². The Labute approximate surface area is 152 Å². The lowest BCUT2D eigenvalue weighted by atomic mass is 10.0. The molecule has 6 heteroatoms. The van der Waals surface area contributed by atoms with Crippen LogP contribution in [0.5, 0.6) is 11.5 Å². The molecule has 0 aliphatic carbocycles. The van der Waals surface area contributed by atoms with Crippen LogP contribution in [0.3, 0.4) is 0 Å². The lowest BCUT2D eigenvalue weighted by molar-refractivity contribution is -0.128. The molecule has 2 aromatic rings. The average Bonchev–Trinajstić information content (AvgIpc) is 2.99. The number of hydrogen-bond acceptors (Lipinski definition) is 4. The van der Waals surface area contributed by atoms with Gasteiger partial charge in [-0.25, -0.2) is 0 Å². The molecule has 1 N–H and O–H groups in total. The minimum atomic E-state index is -0.436. The summed E-state index contributed by atoms with van der Waals surface area (Å²) in [5, 5.41) is 2.80. The molecule has 1 saturated heterocycles. The highest BCUT2D eigenvalue weighted by Gasteiger charge is 2.30. The van der Waals surface area contributed by atoms with Gasteiger partial charge in [0.25, 0.3) is 5.91 Å². The first-order valence-corrected chi connectivity index (χ1v) is 8.42. The first-order valence-electron chi connectivity index (χ1n) is 8.42. The van der Waals surface area contributed by atoms with E-state index in [1.165, 1.54) is 0 Å². The Hall–Kier alpha value is -3.02. The van der Waals surface area contributed by atoms with Gasteiger partial charge in [0.2, 0.25) is 5.91 Å². The van der Waals surface area contributed by atoms with E-state index in [2.05, 4.69) is 5.32 Å². The molecule has 0 spiro atoms. The molecule has 1 aliphatic rings. The lowest BCUT2D eigenvalue weighted by Gasteiger charge is -2.13. The predicted molar refractivity (Wildman–Crippen MR) is 98.5 cm³/mol. The number of likely N-dealkylation sites (tertiary alicyclic amines) is 1. The van der Waals surface area contributed by atoms with E-state index in [0.717, 1.165) is 11.1 Å². The number of hydrogen-bond donors (Lipinski definition) is 1. The number of methoxy groups -OCH3 is 2. The van der Waals surface area contributed by atoms with Gasteiger partial charge in [0, 0.05) is 30.8 Å². The van der Waals surface area contributed by atoms with Gasteiger partial charge in [-0.1, -0.05) is 12.1 Å². The zero-order valence-corrected chi connectivity index (χ0v) is 15.1. The molecule has 3 rings (SSSR count). The third-order valence-corrected chi connectivity index (χ3v) is 4.60. The molecule has 26 heavy (non-hydrogen) atoms. The summed E-state index contributed by atoms with van der Waals surface area (Å²) in [4.78, 5) is 25.9. The van der Waals surface area contributed by atoms with Gasteiger partial charge in [0.1, 0.15) is 17.5 Å². The Balaban J connectivity index is 1.76. The highest BCUT2D eigenvalue weighted by atomic mass is 16.5. The largest absolute Gasteiger partial charge is 0.497 e. The molecule has 6 nitrogen and oxygen atoms in total. The molecule has 2 aromatic carbocycles. The summed E-state index contributed by atoms with van der Waals surface area (Å²) in [6.45, 7) is 0.667. The maximum atomic E-state index is 12.4. The highest BCUT2D eigenvalue weighted by Crippen LogP contribution is 2.33. The van der Waals surface area contributed by atoms with Crippen LogP contribution in [0.4, 0.5) is 0 Å². The summed E-state index contributed by atoms with van der Waals surface area (Å²) in [5.74, 6) is 1.12. The molecule has 2 amide bonds. The second-order valence-corrected chi connectivity index (χ2v) is 6.22. The Kier molecular flexibility index (Phi) is 5.11. The maximum absolute atomic E-state index is 12.4. The number of rotatable bonds is 5. The quantitative estimate of drug-likeness (QED) is 0.895. The van der Waals surface area contributed by atoms with E-state index in [4.69, 9.17) is 9.47 Å². The van der Waals surface area contributed by atoms with Crippen LogP contribution in [-0.2, 0) is 4.79 Å². The third kappa shape index (κ3) is 3.49. The zero-order chi connectivity index (χ0) is 18.7. The van der Waals surface area contributed by atoms with Gasteiger partial charge in [0.15, 0.2) is 0 Å². The number of benzene rings is 2. The van der Waals surface area contributed by atoms with E-state index in [-0.39, 0.29) is 11.8 Å². The average molecular weight is 354 g/mol. The van der Waals surface area contributed by atoms with Gasteiger partial charge in [-0.3, -0.25) is 9.59 Å². The number of likely N-dealkylation sites (N-methyl/N-ethyl adjacent to an activating group) is 1. The van der Waals surface area contributed by atoms with Crippen molar-refractivity contribution in [3.8, 4) is 22.6 Å². The highest BCUT2D eigenvalue weighted by molar-refractivity contribution is 5.98. The summed E-state index contributed by atoms with van der Waals surface area (Å²) in [5.41, 5.74) is 2.36. The minimum Gasteiger partial charge on any atom is -0.497 e. The van der Waals surface area contributed by atoms with E-state index in [1.54, 1.807) is 38.3 Å². The third-order valence-electron chi connectivity index (χ3n) is 4.60. The summed E-state index contributed by atoms with van der Waals surface area (Å²) >= 11 is 0. The fraction of sp³-hybridized carbons (Fsp3) is 0.300. The summed E-state index contributed by atoms with van der Waals surface area (Å²) in [7, 11) is 4.95. The molecule has 0 bridgehead atoms. The molecule has 136 valence electrons. The Bertz CT molecular complexity index is 817. The fourth-order valence-electron chi connectivity index (χ4n) is 3.04. The first kappa shape index (κ1) is 17.8. The number of amides is 2. The van der Waals surface area contributed by atoms with Crippen LogP contribution in [-0.4, -0.2) is 50.6 Å². The number of carbonyl (C=O) groups is 2. The van der Waals surface area contributed by atoms with Crippen LogP contribution in [0.1, 0.15) is 16.8 Å². The van der Waals surface area contributed by atoms with Gasteiger partial charge in [-0.15, -0.1) is 0 Å². The lowest BCUT2D eigenvalue weighted by Crippen LogP contribution is -2.40. The van der Waals surface area contributed by atoms with Gasteiger partial charge in [0.05, 0.1) is 14.2 Å². The zero-order valence-electron chi connectivity index (χ0n) is 15.1. The van der Waals surface area contributed by atoms with Crippen molar-refractivity contribution in [2.24, 2.45) is 0 Å². The van der Waals surface area contributed by atoms with Crippen molar-refractivity contribution in [1.82, 2.24) is 10.2 Å². The predicted octanol–water partition coefficient (Wildman–Crippen LogP) is 2.33. The number of carbonyl (C=O) groups excluding carboxylic acids is 2. The van der Waals surface area contributed by atoms with E-state index in [9.17, 15) is 9.59 Å². The van der Waals surface area contributed by atoms with E-state index in [0.29, 0.717) is 30.0 Å². The van der Waals surface area contributed by atoms with Crippen LogP contribution >= 0.6 is 0 Å². The standard InChI is InChI=1S/C20H22N2O4/c1-22-11-10-17(20(22)24)21-19(23)14-6-4-13(5-7-14)16-9-8-15(25-2)12-18(16)26-3/h4-9,12,17H,10-11H2,1-3H3,(H,21,23)/t17-/m1/s1. The van der Waals surface area contributed by atoms with E-state index in [1.807, 2.05) is 30.3 Å². The van der Waals surface area contributed by atoms with Crippen molar-refractivity contribution in [1.29, 1.82) is 0 Å². The minimum absolute atomic E-state index is 0.0436. The SMILES string of the molecule is COc1ccc(-c2ccc(C(=O)N[C@@H]3CCN(C)C3=O)cc2)c(OC)c1. The van der Waals surface area contributed by atoms with Crippen molar-refractivity contribution in [2.45, 2.75) is 12.5 Å². The molecule has 1 atom stereocenters. The van der Waals surface area contributed by atoms with Crippen molar-refractivity contribution in [3.63, 3.8) is 0 Å². The second kappa shape index (κ2) is 7.47. The summed E-state index contributed by atoms with van der Waals surface area (Å²) in [6.07, 6.45) is 0.641. The molecule has 0 saturated carbocycles. The smallest absolute Gasteiger partial charge is 0.251 e. The topological polar surface area (TPSA) is 67.9 Å². The van der Waals surface area contributed by atoms with Crippen LogP contribution in [0, 0.1) is 0 Å². The van der Waals surface area contributed by atoms with Crippen LogP contribution in [0.15, 0.2) is 42.5 Å². The molecular formula is C20H22N2O4. The van der Waals surface area contributed by atoms with Crippen LogP contribution in [0.25, 0.3) is 11.1 Å². The molecule has 0 radical (unpaired) electrons. The monoisotopic (exact) mass is 354 g/mol. The van der Waals surface area contributed by atoms with Gasteiger partial charge in [-0.2, -0.15) is 0 Å². The summed E-state index contributed by atoms with van der Waals surface area (Å²) in [6, 6.07) is 12.4.